The average molecular weight is 1330 g/mol. The summed E-state index contributed by atoms with van der Waals surface area (Å²) in [4.78, 5) is 95.6. The Morgan fingerprint density at radius 1 is 0.500 bits per heavy atom. The summed E-state index contributed by atoms with van der Waals surface area (Å²) in [5.74, 6) is 3.13. The van der Waals surface area contributed by atoms with Crippen LogP contribution in [0.4, 0.5) is 78.6 Å². The largest absolute Gasteiger partial charge is 0.497 e. The molecular formula is C72H82N16O10. The number of fused-ring (bicyclic) bond motifs is 2. The Morgan fingerprint density at radius 2 is 0.888 bits per heavy atom. The van der Waals surface area contributed by atoms with E-state index < -0.39 is 5.97 Å². The Hall–Kier alpha value is -11.3. The number of methoxy groups -OCH3 is 4. The highest BCUT2D eigenvalue weighted by molar-refractivity contribution is 6.07. The zero-order chi connectivity index (χ0) is 68.7. The van der Waals surface area contributed by atoms with Gasteiger partial charge >= 0.3 is 18.0 Å². The fourth-order valence-electron chi connectivity index (χ4n) is 11.8. The number of carboxylic acid groups (broad SMARTS) is 1. The third kappa shape index (κ3) is 17.0. The summed E-state index contributed by atoms with van der Waals surface area (Å²) in [6, 6.07) is 41.3. The predicted molar refractivity (Wildman–Crippen MR) is 379 cm³/mol. The molecule has 0 radical (unpaired) electrons. The van der Waals surface area contributed by atoms with Crippen LogP contribution in [-0.4, -0.2) is 147 Å². The summed E-state index contributed by atoms with van der Waals surface area (Å²) in [6.45, 7) is 12.8. The first kappa shape index (κ1) is 68.1. The number of amides is 6. The zero-order valence-electron chi connectivity index (χ0n) is 55.9. The van der Waals surface area contributed by atoms with Gasteiger partial charge in [0.25, 0.3) is 0 Å². The molecule has 0 unspecified atom stereocenters. The number of piperazine rings is 2. The second kappa shape index (κ2) is 32.0. The second-order valence-corrected chi connectivity index (χ2v) is 23.7. The number of ether oxygens (including phenoxy) is 4. The minimum absolute atomic E-state index is 0.0626. The number of carboxylic acids is 1. The van der Waals surface area contributed by atoms with E-state index in [9.17, 15) is 24.0 Å². The van der Waals surface area contributed by atoms with Crippen molar-refractivity contribution < 1.29 is 48.0 Å². The summed E-state index contributed by atoms with van der Waals surface area (Å²) in [5, 5.41) is 24.6. The van der Waals surface area contributed by atoms with Gasteiger partial charge < -0.3 is 60.4 Å². The highest BCUT2D eigenvalue weighted by Gasteiger charge is 2.36. The van der Waals surface area contributed by atoms with Crippen molar-refractivity contribution in [3.8, 4) is 23.0 Å². The van der Waals surface area contributed by atoms with Crippen molar-refractivity contribution in [2.45, 2.75) is 65.7 Å². The molecule has 0 bridgehead atoms. The van der Waals surface area contributed by atoms with E-state index in [-0.39, 0.29) is 56.5 Å². The standard InChI is InChI=1S/C38H44N8O6.C34H38N8O4/c1-4-34(47)40-28-9-7-26(8-10-28)24-46-36-27(25-45(38(46)50)31-20-32(51-2)22-33(21-31)52-3)23-39-37(42-36)41-29-11-13-30(14-12-29)44-18-16-43(17-19-44)15-5-6-35(48)49;1-4-31(43)37-25-7-5-23(6-8-25)21-42-32-24(22-41(34(42)44)28-17-29(45-2)19-30(18-28)46-3)20-36-33(39-32)38-26-9-11-27(12-10-26)40-15-13-35-14-16-40/h7-14,20-23H,4-6,15-19,24-25H2,1-3H3,(H,40,47)(H,48,49)(H,39,41,42);5-12,17-20,35H,4,13-16,21-22H2,1-3H3,(H,37,43)(H,36,38,39). The van der Waals surface area contributed by atoms with Crippen molar-refractivity contribution in [3.05, 3.63) is 168 Å². The van der Waals surface area contributed by atoms with Crippen molar-refractivity contribution >= 4 is 98.9 Å². The van der Waals surface area contributed by atoms with E-state index in [2.05, 4.69) is 75.5 Å². The summed E-state index contributed by atoms with van der Waals surface area (Å²) in [6.07, 6.45) is 5.12. The molecule has 4 aliphatic rings. The number of rotatable bonds is 24. The van der Waals surface area contributed by atoms with Crippen LogP contribution in [0, 0.1) is 0 Å². The van der Waals surface area contributed by atoms with Gasteiger partial charge in [0.15, 0.2) is 0 Å². The SMILES string of the molecule is CCC(=O)Nc1ccc(CN2C(=O)N(c3cc(OC)cc(OC)c3)Cc3cnc(Nc4ccc(N5CCN(CCCC(=O)O)CC5)cc4)nc32)cc1.CCC(=O)Nc1ccc(CN2C(=O)N(c3cc(OC)cc(OC)c3)Cc3cnc(Nc4ccc(N5CCNCC5)cc4)nc32)cc1. The van der Waals surface area contributed by atoms with E-state index in [1.165, 1.54) is 5.69 Å². The molecule has 0 spiro atoms. The van der Waals surface area contributed by atoms with Gasteiger partial charge in [-0.05, 0) is 96.9 Å². The summed E-state index contributed by atoms with van der Waals surface area (Å²) >= 11 is 0. The van der Waals surface area contributed by atoms with Crippen LogP contribution in [-0.2, 0) is 40.6 Å². The molecule has 510 valence electrons. The van der Waals surface area contributed by atoms with Crippen LogP contribution in [0.2, 0.25) is 0 Å². The van der Waals surface area contributed by atoms with Crippen molar-refractivity contribution in [1.82, 2.24) is 30.2 Å². The van der Waals surface area contributed by atoms with Crippen LogP contribution in [0.25, 0.3) is 0 Å². The van der Waals surface area contributed by atoms with Crippen molar-refractivity contribution in [2.75, 3.05) is 138 Å². The fraction of sp³-hybridized carbons (Fsp3) is 0.319. The molecule has 2 aromatic heterocycles. The van der Waals surface area contributed by atoms with Gasteiger partial charge in [0.2, 0.25) is 23.7 Å². The lowest BCUT2D eigenvalue weighted by molar-refractivity contribution is -0.137. The second-order valence-electron chi connectivity index (χ2n) is 23.7. The maximum Gasteiger partial charge on any atom is 0.330 e. The molecule has 0 atom stereocenters. The molecule has 6 heterocycles. The van der Waals surface area contributed by atoms with E-state index in [4.69, 9.17) is 34.0 Å². The maximum atomic E-state index is 14.3. The minimum Gasteiger partial charge on any atom is -0.497 e. The third-order valence-corrected chi connectivity index (χ3v) is 17.2. The number of nitrogens with zero attached hydrogens (tertiary/aromatic N) is 11. The summed E-state index contributed by atoms with van der Waals surface area (Å²) < 4.78 is 21.9. The first-order valence-electron chi connectivity index (χ1n) is 32.7. The van der Waals surface area contributed by atoms with Crippen LogP contribution in [0.5, 0.6) is 23.0 Å². The number of urea groups is 2. The summed E-state index contributed by atoms with van der Waals surface area (Å²) in [7, 11) is 6.28. The highest BCUT2D eigenvalue weighted by Crippen LogP contribution is 2.39. The van der Waals surface area contributed by atoms with Gasteiger partial charge in [0.1, 0.15) is 34.6 Å². The molecule has 98 heavy (non-hydrogen) atoms. The van der Waals surface area contributed by atoms with Crippen molar-refractivity contribution in [2.24, 2.45) is 0 Å². The molecule has 12 rings (SSSR count). The van der Waals surface area contributed by atoms with Crippen LogP contribution in [0.15, 0.2) is 146 Å². The number of hydrogen-bond donors (Lipinski definition) is 6. The third-order valence-electron chi connectivity index (χ3n) is 17.2. The fourth-order valence-corrected chi connectivity index (χ4v) is 11.8. The van der Waals surface area contributed by atoms with Crippen LogP contribution in [0.1, 0.15) is 61.8 Å². The molecule has 6 amide bonds. The molecule has 2 fully saturated rings. The molecule has 6 aromatic carbocycles. The lowest BCUT2D eigenvalue weighted by Gasteiger charge is -2.36. The molecule has 0 aliphatic carbocycles. The predicted octanol–water partition coefficient (Wildman–Crippen LogP) is 10.9. The number of aromatic nitrogens is 4. The first-order valence-corrected chi connectivity index (χ1v) is 32.7. The Balaban J connectivity index is 0.000000200. The molecule has 26 heteroatoms. The first-order chi connectivity index (χ1) is 47.7. The zero-order valence-corrected chi connectivity index (χ0v) is 55.9. The number of hydrogen-bond acceptors (Lipinski definition) is 19. The molecule has 2 saturated heterocycles. The molecule has 8 aromatic rings. The van der Waals surface area contributed by atoms with Crippen LogP contribution in [0.3, 0.4) is 0 Å². The average Bonchev–Trinajstić information content (AvgIpc) is 0.771. The van der Waals surface area contributed by atoms with Gasteiger partial charge in [0.05, 0.1) is 66.0 Å². The van der Waals surface area contributed by atoms with Gasteiger partial charge in [-0.2, -0.15) is 9.97 Å². The van der Waals surface area contributed by atoms with Gasteiger partial charge in [-0.25, -0.2) is 19.6 Å². The van der Waals surface area contributed by atoms with E-state index in [1.54, 1.807) is 111 Å². The Bertz CT molecular complexity index is 4050. The van der Waals surface area contributed by atoms with Crippen molar-refractivity contribution in [3.63, 3.8) is 0 Å². The van der Waals surface area contributed by atoms with Gasteiger partial charge in [0, 0.05) is 166 Å². The highest BCUT2D eigenvalue weighted by atomic mass is 16.5. The quantitative estimate of drug-likeness (QED) is 0.0328. The number of anilines is 12. The number of carbonyl (C=O) groups is 5. The molecule has 26 nitrogen and oxygen atoms in total. The van der Waals surface area contributed by atoms with Gasteiger partial charge in [-0.1, -0.05) is 38.1 Å². The lowest BCUT2D eigenvalue weighted by atomic mass is 10.1. The van der Waals surface area contributed by atoms with Crippen molar-refractivity contribution in [1.29, 1.82) is 0 Å². The molecular weight excluding hydrogens is 1250 g/mol. The number of aliphatic carboxylic acids is 1. The molecule has 4 aliphatic heterocycles. The molecule has 6 N–H and O–H groups in total. The van der Waals surface area contributed by atoms with Crippen LogP contribution < -0.4 is 74.9 Å². The monoisotopic (exact) mass is 1330 g/mol. The number of benzene rings is 6. The van der Waals surface area contributed by atoms with E-state index in [0.717, 1.165) is 98.2 Å². The Labute approximate surface area is 569 Å². The lowest BCUT2D eigenvalue weighted by Crippen LogP contribution is -2.47. The topological polar surface area (TPSA) is 277 Å². The van der Waals surface area contributed by atoms with E-state index >= 15 is 0 Å². The minimum atomic E-state index is -0.752. The smallest absolute Gasteiger partial charge is 0.330 e. The van der Waals surface area contributed by atoms with Gasteiger partial charge in [-0.15, -0.1) is 0 Å². The Morgan fingerprint density at radius 3 is 1.27 bits per heavy atom. The summed E-state index contributed by atoms with van der Waals surface area (Å²) in [5.41, 5.74) is 9.81. The van der Waals surface area contributed by atoms with Gasteiger partial charge in [-0.3, -0.25) is 38.9 Å². The van der Waals surface area contributed by atoms with E-state index in [1.807, 2.05) is 72.8 Å². The molecule has 0 saturated carbocycles. The Kier molecular flexibility index (Phi) is 22.2. The van der Waals surface area contributed by atoms with E-state index in [0.29, 0.717) is 88.5 Å². The van der Waals surface area contributed by atoms with Crippen LogP contribution >= 0.6 is 0 Å². The number of carbonyl (C=O) groups excluding carboxylic acids is 4. The normalized spacial score (nSPS) is 14.5. The number of nitrogens with one attached hydrogen (secondary N) is 5. The maximum absolute atomic E-state index is 14.3.